The Morgan fingerprint density at radius 3 is 3.00 bits per heavy atom. The first-order valence-corrected chi connectivity index (χ1v) is 6.84. The second kappa shape index (κ2) is 6.15. The van der Waals surface area contributed by atoms with Gasteiger partial charge in [0.15, 0.2) is 0 Å². The van der Waals surface area contributed by atoms with Crippen molar-refractivity contribution in [1.82, 2.24) is 10.6 Å². The summed E-state index contributed by atoms with van der Waals surface area (Å²) in [6.45, 7) is 5.78. The van der Waals surface area contributed by atoms with Gasteiger partial charge in [-0.1, -0.05) is 19.1 Å². The molecule has 3 unspecified atom stereocenters. The topological polar surface area (TPSA) is 41.1 Å². The maximum atomic E-state index is 13.2. The highest BCUT2D eigenvalue weighted by molar-refractivity contribution is 5.83. The lowest BCUT2D eigenvalue weighted by atomic mass is 9.93. The summed E-state index contributed by atoms with van der Waals surface area (Å²) < 4.78 is 13.2. The van der Waals surface area contributed by atoms with E-state index >= 15 is 0 Å². The fourth-order valence-corrected chi connectivity index (χ4v) is 2.42. The van der Waals surface area contributed by atoms with E-state index < -0.39 is 0 Å². The van der Waals surface area contributed by atoms with Gasteiger partial charge in [-0.2, -0.15) is 0 Å². The van der Waals surface area contributed by atoms with Crippen molar-refractivity contribution in [2.24, 2.45) is 5.92 Å². The zero-order chi connectivity index (χ0) is 13.8. The van der Waals surface area contributed by atoms with Crippen molar-refractivity contribution < 1.29 is 9.18 Å². The van der Waals surface area contributed by atoms with E-state index in [9.17, 15) is 9.18 Å². The molecule has 0 saturated carbocycles. The van der Waals surface area contributed by atoms with Gasteiger partial charge in [0.05, 0.1) is 5.92 Å². The minimum Gasteiger partial charge on any atom is -0.351 e. The molecule has 1 aliphatic heterocycles. The van der Waals surface area contributed by atoms with Gasteiger partial charge in [0, 0.05) is 12.6 Å². The second-order valence-electron chi connectivity index (χ2n) is 5.36. The SMILES string of the molecule is CC(C(=O)NC1CNCCC1C)c1cccc(F)c1. The van der Waals surface area contributed by atoms with Crippen molar-refractivity contribution in [3.8, 4) is 0 Å². The van der Waals surface area contributed by atoms with Gasteiger partial charge in [-0.15, -0.1) is 0 Å². The summed E-state index contributed by atoms with van der Waals surface area (Å²) >= 11 is 0. The van der Waals surface area contributed by atoms with Gasteiger partial charge in [-0.3, -0.25) is 4.79 Å². The van der Waals surface area contributed by atoms with Crippen LogP contribution in [0.3, 0.4) is 0 Å². The van der Waals surface area contributed by atoms with E-state index in [2.05, 4.69) is 17.6 Å². The molecule has 0 radical (unpaired) electrons. The Balaban J connectivity index is 1.99. The first-order valence-electron chi connectivity index (χ1n) is 6.84. The molecule has 3 nitrogen and oxygen atoms in total. The predicted molar refractivity (Wildman–Crippen MR) is 73.4 cm³/mol. The number of rotatable bonds is 3. The molecule has 1 saturated heterocycles. The summed E-state index contributed by atoms with van der Waals surface area (Å²) in [6.07, 6.45) is 1.07. The van der Waals surface area contributed by atoms with E-state index in [1.807, 2.05) is 6.92 Å². The molecule has 2 N–H and O–H groups in total. The molecule has 1 heterocycles. The van der Waals surface area contributed by atoms with Crippen LogP contribution in [0.4, 0.5) is 4.39 Å². The Labute approximate surface area is 113 Å². The average molecular weight is 264 g/mol. The number of benzene rings is 1. The molecule has 104 valence electrons. The first-order chi connectivity index (χ1) is 9.08. The lowest BCUT2D eigenvalue weighted by Gasteiger charge is -2.31. The van der Waals surface area contributed by atoms with Crippen LogP contribution in [-0.2, 0) is 4.79 Å². The highest BCUT2D eigenvalue weighted by Crippen LogP contribution is 2.18. The van der Waals surface area contributed by atoms with Gasteiger partial charge in [-0.05, 0) is 43.5 Å². The van der Waals surface area contributed by atoms with E-state index in [0.29, 0.717) is 11.5 Å². The van der Waals surface area contributed by atoms with Crippen molar-refractivity contribution in [1.29, 1.82) is 0 Å². The van der Waals surface area contributed by atoms with Crippen molar-refractivity contribution in [3.05, 3.63) is 35.6 Å². The van der Waals surface area contributed by atoms with E-state index in [0.717, 1.165) is 19.5 Å². The molecule has 1 amide bonds. The number of amides is 1. The van der Waals surface area contributed by atoms with Gasteiger partial charge in [0.25, 0.3) is 0 Å². The van der Waals surface area contributed by atoms with Crippen LogP contribution in [0, 0.1) is 11.7 Å². The average Bonchev–Trinajstić information content (AvgIpc) is 2.40. The number of carbonyl (C=O) groups is 1. The molecule has 0 aromatic heterocycles. The highest BCUT2D eigenvalue weighted by Gasteiger charge is 2.25. The van der Waals surface area contributed by atoms with Crippen LogP contribution >= 0.6 is 0 Å². The zero-order valence-corrected chi connectivity index (χ0v) is 11.4. The summed E-state index contributed by atoms with van der Waals surface area (Å²) in [5.74, 6) is -0.189. The summed E-state index contributed by atoms with van der Waals surface area (Å²) in [4.78, 5) is 12.2. The quantitative estimate of drug-likeness (QED) is 0.877. The number of nitrogens with one attached hydrogen (secondary N) is 2. The first kappa shape index (κ1) is 14.0. The second-order valence-corrected chi connectivity index (χ2v) is 5.36. The minimum absolute atomic E-state index is 0.0360. The normalized spacial score (nSPS) is 24.8. The highest BCUT2D eigenvalue weighted by atomic mass is 19.1. The van der Waals surface area contributed by atoms with Crippen LogP contribution in [0.15, 0.2) is 24.3 Å². The van der Waals surface area contributed by atoms with Crippen LogP contribution in [-0.4, -0.2) is 25.0 Å². The summed E-state index contributed by atoms with van der Waals surface area (Å²) in [6, 6.07) is 6.40. The summed E-state index contributed by atoms with van der Waals surface area (Å²) in [7, 11) is 0. The fourth-order valence-electron chi connectivity index (χ4n) is 2.42. The largest absolute Gasteiger partial charge is 0.351 e. The maximum Gasteiger partial charge on any atom is 0.227 e. The summed E-state index contributed by atoms with van der Waals surface area (Å²) in [5.41, 5.74) is 0.717. The standard InChI is InChI=1S/C15H21FN2O/c1-10-6-7-17-9-14(10)18-15(19)11(2)12-4-3-5-13(16)8-12/h3-5,8,10-11,14,17H,6-7,9H2,1-2H3,(H,18,19). The van der Waals surface area contributed by atoms with E-state index in [1.165, 1.54) is 12.1 Å². The third kappa shape index (κ3) is 3.53. The van der Waals surface area contributed by atoms with Crippen molar-refractivity contribution in [2.45, 2.75) is 32.2 Å². The number of halogens is 1. The van der Waals surface area contributed by atoms with Crippen molar-refractivity contribution >= 4 is 5.91 Å². The van der Waals surface area contributed by atoms with Crippen molar-refractivity contribution in [3.63, 3.8) is 0 Å². The molecule has 19 heavy (non-hydrogen) atoms. The fraction of sp³-hybridized carbons (Fsp3) is 0.533. The smallest absolute Gasteiger partial charge is 0.227 e. The van der Waals surface area contributed by atoms with E-state index in [-0.39, 0.29) is 23.7 Å². The van der Waals surface area contributed by atoms with Crippen molar-refractivity contribution in [2.75, 3.05) is 13.1 Å². The Bertz CT molecular complexity index is 450. The molecular formula is C15H21FN2O. The maximum absolute atomic E-state index is 13.2. The molecule has 1 aromatic rings. The lowest BCUT2D eigenvalue weighted by Crippen LogP contribution is -2.51. The summed E-state index contributed by atoms with van der Waals surface area (Å²) in [5, 5.41) is 6.35. The Kier molecular flexibility index (Phi) is 4.53. The van der Waals surface area contributed by atoms with Gasteiger partial charge in [0.1, 0.15) is 5.82 Å². The monoisotopic (exact) mass is 264 g/mol. The number of carbonyl (C=O) groups excluding carboxylic acids is 1. The van der Waals surface area contributed by atoms with Gasteiger partial charge in [-0.25, -0.2) is 4.39 Å². The Morgan fingerprint density at radius 2 is 2.32 bits per heavy atom. The number of hydrogen-bond acceptors (Lipinski definition) is 2. The molecule has 1 aliphatic rings. The molecule has 2 rings (SSSR count). The molecule has 0 bridgehead atoms. The molecule has 3 atom stereocenters. The van der Waals surface area contributed by atoms with Crippen LogP contribution in [0.25, 0.3) is 0 Å². The Morgan fingerprint density at radius 1 is 1.53 bits per heavy atom. The molecule has 1 fully saturated rings. The molecule has 1 aromatic carbocycles. The zero-order valence-electron chi connectivity index (χ0n) is 11.4. The van der Waals surface area contributed by atoms with Crippen LogP contribution in [0.1, 0.15) is 31.7 Å². The predicted octanol–water partition coefficient (Wildman–Crippen LogP) is 2.04. The van der Waals surface area contributed by atoms with Crippen LogP contribution in [0.5, 0.6) is 0 Å². The van der Waals surface area contributed by atoms with E-state index in [4.69, 9.17) is 0 Å². The van der Waals surface area contributed by atoms with Gasteiger partial charge < -0.3 is 10.6 Å². The lowest BCUT2D eigenvalue weighted by molar-refractivity contribution is -0.123. The third-order valence-corrected chi connectivity index (χ3v) is 3.90. The van der Waals surface area contributed by atoms with Gasteiger partial charge >= 0.3 is 0 Å². The van der Waals surface area contributed by atoms with Crippen LogP contribution in [0.2, 0.25) is 0 Å². The van der Waals surface area contributed by atoms with Crippen LogP contribution < -0.4 is 10.6 Å². The molecule has 0 spiro atoms. The molecule has 0 aliphatic carbocycles. The number of hydrogen-bond donors (Lipinski definition) is 2. The number of piperidine rings is 1. The third-order valence-electron chi connectivity index (χ3n) is 3.90. The van der Waals surface area contributed by atoms with Gasteiger partial charge in [0.2, 0.25) is 5.91 Å². The molecule has 4 heteroatoms. The van der Waals surface area contributed by atoms with E-state index in [1.54, 1.807) is 12.1 Å². The minimum atomic E-state index is -0.329. The molecular weight excluding hydrogens is 243 g/mol. The Hall–Kier alpha value is -1.42.